The van der Waals surface area contributed by atoms with Crippen molar-refractivity contribution in [1.82, 2.24) is 14.8 Å². The van der Waals surface area contributed by atoms with Gasteiger partial charge in [0.05, 0.1) is 24.1 Å². The largest absolute Gasteiger partial charge is 0.477 e. The van der Waals surface area contributed by atoms with E-state index in [0.717, 1.165) is 12.5 Å². The van der Waals surface area contributed by atoms with Gasteiger partial charge in [-0.3, -0.25) is 0 Å². The average molecular weight is 269 g/mol. The fourth-order valence-corrected chi connectivity index (χ4v) is 1.99. The number of ether oxygens (including phenoxy) is 1. The van der Waals surface area contributed by atoms with Gasteiger partial charge in [0.1, 0.15) is 5.69 Å². The second-order valence-electron chi connectivity index (χ2n) is 4.19. The highest BCUT2D eigenvalue weighted by Gasteiger charge is 2.33. The minimum absolute atomic E-state index is 0.220. The van der Waals surface area contributed by atoms with Crippen LogP contribution in [0.4, 0.5) is 13.2 Å². The van der Waals surface area contributed by atoms with E-state index in [1.807, 2.05) is 0 Å². The van der Waals surface area contributed by atoms with Gasteiger partial charge in [0, 0.05) is 13.0 Å². The fourth-order valence-electron chi connectivity index (χ4n) is 1.99. The number of hydrogen-bond acceptors (Lipinski definition) is 3. The van der Waals surface area contributed by atoms with Crippen molar-refractivity contribution < 1.29 is 17.9 Å². The van der Waals surface area contributed by atoms with Crippen molar-refractivity contribution in [2.24, 2.45) is 0 Å². The van der Waals surface area contributed by atoms with E-state index in [2.05, 4.69) is 10.1 Å². The molecule has 3 heterocycles. The quantitative estimate of drug-likeness (QED) is 0.799. The molecule has 7 heteroatoms. The highest BCUT2D eigenvalue weighted by molar-refractivity contribution is 5.64. The number of pyridine rings is 1. The Bertz CT molecular complexity index is 607. The van der Waals surface area contributed by atoms with Crippen LogP contribution in [0.3, 0.4) is 0 Å². The summed E-state index contributed by atoms with van der Waals surface area (Å²) >= 11 is 0. The van der Waals surface area contributed by atoms with Crippen LogP contribution in [0, 0.1) is 0 Å². The van der Waals surface area contributed by atoms with Crippen molar-refractivity contribution >= 4 is 0 Å². The van der Waals surface area contributed by atoms with Crippen LogP contribution in [0.5, 0.6) is 5.88 Å². The molecule has 0 aliphatic carbocycles. The third-order valence-electron chi connectivity index (χ3n) is 2.86. The van der Waals surface area contributed by atoms with Crippen molar-refractivity contribution in [2.75, 3.05) is 6.61 Å². The van der Waals surface area contributed by atoms with Crippen LogP contribution in [-0.4, -0.2) is 21.4 Å². The Balaban J connectivity index is 2.05. The van der Waals surface area contributed by atoms with E-state index in [1.54, 1.807) is 4.68 Å². The lowest BCUT2D eigenvalue weighted by Gasteiger charge is -2.16. The van der Waals surface area contributed by atoms with Crippen molar-refractivity contribution in [3.63, 3.8) is 0 Å². The summed E-state index contributed by atoms with van der Waals surface area (Å²) in [6, 6.07) is 3.80. The number of halogens is 3. The molecule has 0 bridgehead atoms. The molecule has 0 aromatic carbocycles. The predicted molar refractivity (Wildman–Crippen MR) is 60.6 cm³/mol. The van der Waals surface area contributed by atoms with Crippen molar-refractivity contribution in [1.29, 1.82) is 0 Å². The SMILES string of the molecule is FC(F)(F)c1cccc(-c2cnn3c2OCCC3)n1. The van der Waals surface area contributed by atoms with Crippen LogP contribution in [0.2, 0.25) is 0 Å². The lowest BCUT2D eigenvalue weighted by molar-refractivity contribution is -0.141. The van der Waals surface area contributed by atoms with Crippen molar-refractivity contribution in [3.8, 4) is 17.1 Å². The molecular formula is C12H10F3N3O. The summed E-state index contributed by atoms with van der Waals surface area (Å²) in [5.74, 6) is 0.484. The Hall–Kier alpha value is -2.05. The Labute approximate surface area is 106 Å². The summed E-state index contributed by atoms with van der Waals surface area (Å²) in [5, 5.41) is 4.10. The summed E-state index contributed by atoms with van der Waals surface area (Å²) < 4.78 is 45.0. The second-order valence-corrected chi connectivity index (χ2v) is 4.19. The minimum atomic E-state index is -4.45. The molecule has 100 valence electrons. The van der Waals surface area contributed by atoms with Gasteiger partial charge in [0.15, 0.2) is 0 Å². The van der Waals surface area contributed by atoms with Crippen LogP contribution in [0.1, 0.15) is 12.1 Å². The van der Waals surface area contributed by atoms with Gasteiger partial charge in [-0.15, -0.1) is 0 Å². The first-order chi connectivity index (χ1) is 9.05. The summed E-state index contributed by atoms with van der Waals surface area (Å²) in [6.45, 7) is 1.24. The Morgan fingerprint density at radius 3 is 2.89 bits per heavy atom. The van der Waals surface area contributed by atoms with E-state index in [9.17, 15) is 13.2 Å². The highest BCUT2D eigenvalue weighted by atomic mass is 19.4. The molecular weight excluding hydrogens is 259 g/mol. The van der Waals surface area contributed by atoms with Crippen LogP contribution in [0.15, 0.2) is 24.4 Å². The monoisotopic (exact) mass is 269 g/mol. The number of alkyl halides is 3. The van der Waals surface area contributed by atoms with Gasteiger partial charge in [-0.1, -0.05) is 6.07 Å². The Morgan fingerprint density at radius 1 is 1.26 bits per heavy atom. The normalized spacial score (nSPS) is 14.9. The maximum atomic E-state index is 12.6. The molecule has 2 aromatic rings. The highest BCUT2D eigenvalue weighted by Crippen LogP contribution is 2.33. The molecule has 0 unspecified atom stereocenters. The zero-order valence-corrected chi connectivity index (χ0v) is 9.81. The number of aromatic nitrogens is 3. The third kappa shape index (κ3) is 2.16. The number of fused-ring (bicyclic) bond motifs is 1. The summed E-state index contributed by atoms with van der Waals surface area (Å²) in [7, 11) is 0. The summed E-state index contributed by atoms with van der Waals surface area (Å²) in [4.78, 5) is 3.64. The van der Waals surface area contributed by atoms with Gasteiger partial charge in [0.25, 0.3) is 0 Å². The smallest absolute Gasteiger partial charge is 0.433 e. The molecule has 0 saturated heterocycles. The molecule has 2 aromatic heterocycles. The first-order valence-electron chi connectivity index (χ1n) is 5.79. The van der Waals surface area contributed by atoms with Gasteiger partial charge >= 0.3 is 6.18 Å². The van der Waals surface area contributed by atoms with E-state index in [0.29, 0.717) is 24.6 Å². The lowest BCUT2D eigenvalue weighted by atomic mass is 10.2. The van der Waals surface area contributed by atoms with E-state index < -0.39 is 11.9 Å². The fraction of sp³-hybridized carbons (Fsp3) is 0.333. The predicted octanol–water partition coefficient (Wildman–Crippen LogP) is 2.75. The third-order valence-corrected chi connectivity index (χ3v) is 2.86. The first kappa shape index (κ1) is 12.0. The number of hydrogen-bond donors (Lipinski definition) is 0. The van der Waals surface area contributed by atoms with E-state index in [1.165, 1.54) is 18.3 Å². The van der Waals surface area contributed by atoms with Crippen molar-refractivity contribution in [3.05, 3.63) is 30.1 Å². The molecule has 0 N–H and O–H groups in total. The van der Waals surface area contributed by atoms with Gasteiger partial charge < -0.3 is 4.74 Å². The second kappa shape index (κ2) is 4.25. The number of nitrogens with zero attached hydrogens (tertiary/aromatic N) is 3. The molecule has 0 saturated carbocycles. The topological polar surface area (TPSA) is 39.9 Å². The molecule has 0 atom stereocenters. The zero-order chi connectivity index (χ0) is 13.5. The first-order valence-corrected chi connectivity index (χ1v) is 5.79. The Kier molecular flexibility index (Phi) is 2.69. The lowest BCUT2D eigenvalue weighted by Crippen LogP contribution is -2.15. The molecule has 1 aliphatic rings. The molecule has 4 nitrogen and oxygen atoms in total. The molecule has 0 fully saturated rings. The molecule has 0 spiro atoms. The minimum Gasteiger partial charge on any atom is -0.477 e. The Morgan fingerprint density at radius 2 is 2.11 bits per heavy atom. The molecule has 0 radical (unpaired) electrons. The van der Waals surface area contributed by atoms with Crippen LogP contribution < -0.4 is 4.74 Å². The van der Waals surface area contributed by atoms with E-state index >= 15 is 0 Å². The van der Waals surface area contributed by atoms with Gasteiger partial charge in [-0.25, -0.2) is 9.67 Å². The zero-order valence-electron chi connectivity index (χ0n) is 9.81. The maximum Gasteiger partial charge on any atom is 0.433 e. The molecule has 19 heavy (non-hydrogen) atoms. The summed E-state index contributed by atoms with van der Waals surface area (Å²) in [6.07, 6.45) is -2.13. The van der Waals surface area contributed by atoms with Gasteiger partial charge in [-0.2, -0.15) is 18.3 Å². The molecule has 3 rings (SSSR count). The molecule has 1 aliphatic heterocycles. The maximum absolute atomic E-state index is 12.6. The van der Waals surface area contributed by atoms with Crippen LogP contribution in [-0.2, 0) is 12.7 Å². The molecule has 0 amide bonds. The standard InChI is InChI=1S/C12H10F3N3O/c13-12(14,15)10-4-1-3-9(17-10)8-7-16-18-5-2-6-19-11(8)18/h1,3-4,7H,2,5-6H2. The number of aryl methyl sites for hydroxylation is 1. The van der Waals surface area contributed by atoms with Gasteiger partial charge in [-0.05, 0) is 12.1 Å². The van der Waals surface area contributed by atoms with Crippen molar-refractivity contribution in [2.45, 2.75) is 19.1 Å². The van der Waals surface area contributed by atoms with E-state index in [-0.39, 0.29) is 5.69 Å². The van der Waals surface area contributed by atoms with E-state index in [4.69, 9.17) is 4.74 Å². The van der Waals surface area contributed by atoms with Crippen LogP contribution in [0.25, 0.3) is 11.3 Å². The average Bonchev–Trinajstić information content (AvgIpc) is 2.82. The van der Waals surface area contributed by atoms with Gasteiger partial charge in [0.2, 0.25) is 5.88 Å². The van der Waals surface area contributed by atoms with Crippen LogP contribution >= 0.6 is 0 Å². The summed E-state index contributed by atoms with van der Waals surface area (Å²) in [5.41, 5.74) is -0.204. The number of rotatable bonds is 1.